The third kappa shape index (κ3) is 3.79. The Kier molecular flexibility index (Phi) is 4.71. The first-order valence-corrected chi connectivity index (χ1v) is 8.42. The van der Waals surface area contributed by atoms with Crippen molar-refractivity contribution in [1.29, 1.82) is 0 Å². The number of carboxylic acid groups (broad SMARTS) is 1. The van der Waals surface area contributed by atoms with Gasteiger partial charge in [0.1, 0.15) is 5.65 Å². The zero-order valence-electron chi connectivity index (χ0n) is 14.4. The maximum absolute atomic E-state index is 11.2. The monoisotopic (exact) mass is 346 g/mol. The van der Waals surface area contributed by atoms with Crippen LogP contribution in [-0.2, 0) is 17.8 Å². The van der Waals surface area contributed by atoms with E-state index in [0.29, 0.717) is 29.7 Å². The summed E-state index contributed by atoms with van der Waals surface area (Å²) in [6.07, 6.45) is 2.42. The van der Waals surface area contributed by atoms with Crippen LogP contribution in [0.2, 0.25) is 0 Å². The first-order valence-electron chi connectivity index (χ1n) is 8.42. The number of carbonyl (C=O) groups is 1. The summed E-state index contributed by atoms with van der Waals surface area (Å²) in [7, 11) is 0. The Hall–Kier alpha value is -2.48. The van der Waals surface area contributed by atoms with Gasteiger partial charge in [-0.2, -0.15) is 0 Å². The van der Waals surface area contributed by atoms with Crippen LogP contribution in [0.4, 0.5) is 5.69 Å². The average Bonchev–Trinajstić information content (AvgIpc) is 2.82. The Morgan fingerprint density at radius 1 is 1.36 bits per heavy atom. The summed E-state index contributed by atoms with van der Waals surface area (Å²) < 4.78 is 1.67. The first-order chi connectivity index (χ1) is 11.8. The van der Waals surface area contributed by atoms with Gasteiger partial charge in [0.05, 0.1) is 28.9 Å². The van der Waals surface area contributed by atoms with Crippen molar-refractivity contribution in [2.75, 3.05) is 13.1 Å². The Balaban J connectivity index is 2.01. The zero-order chi connectivity index (χ0) is 18.1. The Morgan fingerprint density at radius 2 is 2.04 bits per heavy atom. The van der Waals surface area contributed by atoms with Crippen molar-refractivity contribution in [2.24, 2.45) is 11.8 Å². The van der Waals surface area contributed by atoms with Crippen molar-refractivity contribution in [3.8, 4) is 0 Å². The van der Waals surface area contributed by atoms with Crippen molar-refractivity contribution in [3.63, 3.8) is 0 Å². The Bertz CT molecular complexity index is 806. The lowest BCUT2D eigenvalue weighted by atomic mass is 9.92. The Morgan fingerprint density at radius 3 is 2.64 bits per heavy atom. The third-order valence-electron chi connectivity index (χ3n) is 4.63. The number of aromatic nitrogens is 2. The minimum atomic E-state index is -0.959. The molecular weight excluding hydrogens is 324 g/mol. The lowest BCUT2D eigenvalue weighted by Gasteiger charge is -2.34. The van der Waals surface area contributed by atoms with Gasteiger partial charge in [-0.1, -0.05) is 13.8 Å². The second-order valence-electron chi connectivity index (χ2n) is 7.09. The molecule has 2 aromatic heterocycles. The molecule has 1 N–H and O–H groups in total. The molecule has 0 aromatic carbocycles. The lowest BCUT2D eigenvalue weighted by molar-refractivity contribution is -0.385. The fraction of sp³-hybridized carbons (Fsp3) is 0.529. The molecule has 1 saturated heterocycles. The smallest absolute Gasteiger partial charge is 0.309 e. The molecule has 3 rings (SSSR count). The highest BCUT2D eigenvalue weighted by molar-refractivity contribution is 5.70. The summed E-state index contributed by atoms with van der Waals surface area (Å²) in [6, 6.07) is 2.95. The summed E-state index contributed by atoms with van der Waals surface area (Å²) in [5, 5.41) is 20.3. The van der Waals surface area contributed by atoms with E-state index in [1.54, 1.807) is 10.5 Å². The number of pyridine rings is 1. The lowest BCUT2D eigenvalue weighted by Crippen LogP contribution is -2.38. The van der Waals surface area contributed by atoms with Gasteiger partial charge in [-0.25, -0.2) is 4.98 Å². The van der Waals surface area contributed by atoms with Gasteiger partial charge < -0.3 is 5.11 Å². The van der Waals surface area contributed by atoms with Crippen LogP contribution in [0.25, 0.3) is 5.65 Å². The maximum Gasteiger partial charge on any atom is 0.309 e. The molecule has 3 heterocycles. The number of nitro groups is 1. The van der Waals surface area contributed by atoms with Crippen molar-refractivity contribution in [1.82, 2.24) is 14.3 Å². The first kappa shape index (κ1) is 17.3. The average molecular weight is 346 g/mol. The number of fused-ring (bicyclic) bond motifs is 1. The molecule has 1 aliphatic rings. The zero-order valence-corrected chi connectivity index (χ0v) is 14.4. The normalized spacial score (nSPS) is 21.5. The van der Waals surface area contributed by atoms with Gasteiger partial charge in [0.25, 0.3) is 5.69 Å². The number of likely N-dealkylation sites (tertiary alicyclic amines) is 1. The molecule has 0 radical (unpaired) electrons. The van der Waals surface area contributed by atoms with Crippen LogP contribution in [0.5, 0.6) is 0 Å². The molecule has 0 spiro atoms. The number of imidazole rings is 1. The molecule has 0 saturated carbocycles. The molecule has 1 aliphatic heterocycles. The van der Waals surface area contributed by atoms with Crippen LogP contribution in [-0.4, -0.2) is 43.4 Å². The predicted molar refractivity (Wildman–Crippen MR) is 91.4 cm³/mol. The second-order valence-corrected chi connectivity index (χ2v) is 7.09. The van der Waals surface area contributed by atoms with E-state index in [0.717, 1.165) is 18.8 Å². The van der Waals surface area contributed by atoms with Gasteiger partial charge in [-0.15, -0.1) is 0 Å². The molecule has 2 atom stereocenters. The number of rotatable bonds is 5. The predicted octanol–water partition coefficient (Wildman–Crippen LogP) is 2.35. The van der Waals surface area contributed by atoms with E-state index in [1.165, 1.54) is 18.7 Å². The van der Waals surface area contributed by atoms with Gasteiger partial charge >= 0.3 is 5.97 Å². The van der Waals surface area contributed by atoms with Gasteiger partial charge in [0, 0.05) is 25.7 Å². The number of aliphatic carboxylic acids is 1. The SMILES string of the molecule is CC1CC(C)CN(Cc2c(CC(=O)O)nc3ccc([N+](=O)[O-])cn23)C1. The third-order valence-corrected chi connectivity index (χ3v) is 4.63. The molecule has 0 aliphatic carbocycles. The molecule has 1 fully saturated rings. The molecule has 0 bridgehead atoms. The van der Waals surface area contributed by atoms with Crippen LogP contribution in [0, 0.1) is 22.0 Å². The second kappa shape index (κ2) is 6.79. The Labute approximate surface area is 145 Å². The summed E-state index contributed by atoms with van der Waals surface area (Å²) in [4.78, 5) is 28.5. The summed E-state index contributed by atoms with van der Waals surface area (Å²) in [5.74, 6) is 0.180. The van der Waals surface area contributed by atoms with Gasteiger partial charge in [0.15, 0.2) is 0 Å². The molecule has 134 valence electrons. The van der Waals surface area contributed by atoms with E-state index in [4.69, 9.17) is 0 Å². The van der Waals surface area contributed by atoms with E-state index in [-0.39, 0.29) is 12.1 Å². The summed E-state index contributed by atoms with van der Waals surface area (Å²) in [6.45, 7) is 6.82. The number of hydrogen-bond donors (Lipinski definition) is 1. The maximum atomic E-state index is 11.2. The van der Waals surface area contributed by atoms with E-state index in [1.807, 2.05) is 0 Å². The number of hydrogen-bond acceptors (Lipinski definition) is 5. The van der Waals surface area contributed by atoms with E-state index < -0.39 is 10.9 Å². The van der Waals surface area contributed by atoms with Crippen molar-refractivity contribution in [2.45, 2.75) is 33.2 Å². The van der Waals surface area contributed by atoms with Crippen LogP contribution in [0.3, 0.4) is 0 Å². The van der Waals surface area contributed by atoms with E-state index in [9.17, 15) is 20.0 Å². The van der Waals surface area contributed by atoms with Gasteiger partial charge in [-0.05, 0) is 24.3 Å². The van der Waals surface area contributed by atoms with Crippen molar-refractivity contribution in [3.05, 3.63) is 39.8 Å². The number of nitrogens with zero attached hydrogens (tertiary/aromatic N) is 4. The standard InChI is InChI=1S/C17H22N4O4/c1-11-5-12(2)8-19(7-11)10-15-14(6-17(22)23)18-16-4-3-13(21(24)25)9-20(15)16/h3-4,9,11-12H,5-8,10H2,1-2H3,(H,22,23). The molecule has 25 heavy (non-hydrogen) atoms. The molecule has 8 nitrogen and oxygen atoms in total. The molecule has 2 aromatic rings. The number of piperidine rings is 1. The van der Waals surface area contributed by atoms with Gasteiger partial charge in [0.2, 0.25) is 0 Å². The van der Waals surface area contributed by atoms with Crippen LogP contribution in [0.1, 0.15) is 31.7 Å². The summed E-state index contributed by atoms with van der Waals surface area (Å²) in [5.41, 5.74) is 1.70. The van der Waals surface area contributed by atoms with Crippen molar-refractivity contribution >= 4 is 17.3 Å². The summed E-state index contributed by atoms with van der Waals surface area (Å²) >= 11 is 0. The number of carboxylic acids is 1. The van der Waals surface area contributed by atoms with E-state index in [2.05, 4.69) is 23.7 Å². The molecule has 0 amide bonds. The molecule has 2 unspecified atom stereocenters. The molecular formula is C17H22N4O4. The van der Waals surface area contributed by atoms with Crippen molar-refractivity contribution < 1.29 is 14.8 Å². The van der Waals surface area contributed by atoms with Crippen LogP contribution in [0.15, 0.2) is 18.3 Å². The van der Waals surface area contributed by atoms with Crippen LogP contribution >= 0.6 is 0 Å². The highest BCUT2D eigenvalue weighted by atomic mass is 16.6. The minimum absolute atomic E-state index is 0.0339. The van der Waals surface area contributed by atoms with Gasteiger partial charge in [-0.3, -0.25) is 24.2 Å². The quantitative estimate of drug-likeness (QED) is 0.659. The largest absolute Gasteiger partial charge is 0.481 e. The minimum Gasteiger partial charge on any atom is -0.481 e. The highest BCUT2D eigenvalue weighted by Crippen LogP contribution is 2.25. The fourth-order valence-corrected chi connectivity index (χ4v) is 3.82. The topological polar surface area (TPSA) is 101 Å². The van der Waals surface area contributed by atoms with E-state index >= 15 is 0 Å². The highest BCUT2D eigenvalue weighted by Gasteiger charge is 2.25. The van der Waals surface area contributed by atoms with Crippen LogP contribution < -0.4 is 0 Å². The fourth-order valence-electron chi connectivity index (χ4n) is 3.82. The molecule has 8 heteroatoms.